The van der Waals surface area contributed by atoms with Crippen molar-refractivity contribution in [1.82, 2.24) is 4.98 Å². The highest BCUT2D eigenvalue weighted by molar-refractivity contribution is 7.18. The molecule has 0 amide bonds. The maximum atomic E-state index is 5.41. The van der Waals surface area contributed by atoms with Crippen molar-refractivity contribution in [2.75, 3.05) is 21.3 Å². The highest BCUT2D eigenvalue weighted by Gasteiger charge is 2.13. The van der Waals surface area contributed by atoms with E-state index in [1.807, 2.05) is 12.1 Å². The number of benzene rings is 2. The van der Waals surface area contributed by atoms with Crippen LogP contribution in [0.25, 0.3) is 10.2 Å². The molecule has 2 aromatic carbocycles. The second kappa shape index (κ2) is 7.09. The van der Waals surface area contributed by atoms with Crippen LogP contribution in [0.5, 0.6) is 17.2 Å². The second-order valence-electron chi connectivity index (χ2n) is 5.61. The van der Waals surface area contributed by atoms with Gasteiger partial charge in [-0.15, -0.1) is 11.3 Å². The summed E-state index contributed by atoms with van der Waals surface area (Å²) in [6, 6.07) is 10.4. The number of aromatic nitrogens is 1. The van der Waals surface area contributed by atoms with E-state index in [1.54, 1.807) is 32.7 Å². The third-order valence-electron chi connectivity index (χ3n) is 3.94. The third-order valence-corrected chi connectivity index (χ3v) is 5.02. The molecule has 3 rings (SSSR count). The van der Waals surface area contributed by atoms with Crippen molar-refractivity contribution < 1.29 is 14.2 Å². The predicted molar refractivity (Wildman–Crippen MR) is 97.9 cm³/mol. The summed E-state index contributed by atoms with van der Waals surface area (Å²) in [7, 11) is 4.89. The fraction of sp³-hybridized carbons (Fsp3) is 0.316. The van der Waals surface area contributed by atoms with Gasteiger partial charge in [0.2, 0.25) is 5.75 Å². The maximum Gasteiger partial charge on any atom is 0.203 e. The van der Waals surface area contributed by atoms with E-state index in [9.17, 15) is 0 Å². The van der Waals surface area contributed by atoms with E-state index in [0.717, 1.165) is 28.9 Å². The SMILES string of the molecule is COc1cc(CCc2nc3ccc(C)cc3s2)cc(OC)c1OC. The van der Waals surface area contributed by atoms with Gasteiger partial charge >= 0.3 is 0 Å². The van der Waals surface area contributed by atoms with Crippen molar-refractivity contribution in [3.8, 4) is 17.2 Å². The van der Waals surface area contributed by atoms with Crippen molar-refractivity contribution in [3.05, 3.63) is 46.5 Å². The van der Waals surface area contributed by atoms with Gasteiger partial charge in [-0.3, -0.25) is 0 Å². The van der Waals surface area contributed by atoms with Gasteiger partial charge in [-0.2, -0.15) is 0 Å². The average molecular weight is 343 g/mol. The molecular formula is C19H21NO3S. The standard InChI is InChI=1S/C19H21NO3S/c1-12-5-7-14-17(9-12)24-18(20-14)8-6-13-10-15(21-2)19(23-4)16(11-13)22-3/h5,7,9-11H,6,8H2,1-4H3. The van der Waals surface area contributed by atoms with Crippen LogP contribution in [0.3, 0.4) is 0 Å². The molecule has 24 heavy (non-hydrogen) atoms. The molecule has 0 bridgehead atoms. The Morgan fingerprint density at radius 2 is 1.62 bits per heavy atom. The topological polar surface area (TPSA) is 40.6 Å². The molecule has 3 aromatic rings. The molecule has 0 aliphatic carbocycles. The molecule has 126 valence electrons. The Balaban J connectivity index is 1.82. The van der Waals surface area contributed by atoms with Crippen molar-refractivity contribution in [3.63, 3.8) is 0 Å². The lowest BCUT2D eigenvalue weighted by Crippen LogP contribution is -1.98. The van der Waals surface area contributed by atoms with Gasteiger partial charge in [-0.1, -0.05) is 6.07 Å². The first-order valence-electron chi connectivity index (χ1n) is 7.79. The first kappa shape index (κ1) is 16.6. The lowest BCUT2D eigenvalue weighted by atomic mass is 10.1. The zero-order valence-electron chi connectivity index (χ0n) is 14.4. The van der Waals surface area contributed by atoms with Gasteiger partial charge < -0.3 is 14.2 Å². The highest BCUT2D eigenvalue weighted by atomic mass is 32.1. The fourth-order valence-electron chi connectivity index (χ4n) is 2.72. The van der Waals surface area contributed by atoms with E-state index in [4.69, 9.17) is 19.2 Å². The molecule has 0 fully saturated rings. The average Bonchev–Trinajstić information content (AvgIpc) is 3.00. The Morgan fingerprint density at radius 1 is 0.917 bits per heavy atom. The molecule has 1 heterocycles. The van der Waals surface area contributed by atoms with Crippen LogP contribution in [0.4, 0.5) is 0 Å². The number of hydrogen-bond acceptors (Lipinski definition) is 5. The molecule has 0 N–H and O–H groups in total. The van der Waals surface area contributed by atoms with Crippen LogP contribution in [-0.2, 0) is 12.8 Å². The molecular weight excluding hydrogens is 322 g/mol. The summed E-state index contributed by atoms with van der Waals surface area (Å²) in [6.07, 6.45) is 1.76. The Morgan fingerprint density at radius 3 is 2.25 bits per heavy atom. The van der Waals surface area contributed by atoms with Gasteiger partial charge in [0.1, 0.15) is 0 Å². The zero-order valence-corrected chi connectivity index (χ0v) is 15.2. The Bertz CT molecular complexity index is 832. The van der Waals surface area contributed by atoms with E-state index >= 15 is 0 Å². The lowest BCUT2D eigenvalue weighted by Gasteiger charge is -2.13. The first-order chi connectivity index (χ1) is 11.6. The van der Waals surface area contributed by atoms with Gasteiger partial charge in [0, 0.05) is 6.42 Å². The molecule has 0 aliphatic heterocycles. The number of methoxy groups -OCH3 is 3. The molecule has 4 nitrogen and oxygen atoms in total. The number of hydrogen-bond donors (Lipinski definition) is 0. The van der Waals surface area contributed by atoms with Crippen LogP contribution in [0.1, 0.15) is 16.1 Å². The summed E-state index contributed by atoms with van der Waals surface area (Å²) in [5.74, 6) is 2.00. The lowest BCUT2D eigenvalue weighted by molar-refractivity contribution is 0.324. The van der Waals surface area contributed by atoms with Crippen LogP contribution in [0.15, 0.2) is 30.3 Å². The number of thiazole rings is 1. The second-order valence-corrected chi connectivity index (χ2v) is 6.73. The molecule has 0 saturated carbocycles. The quantitative estimate of drug-likeness (QED) is 0.664. The van der Waals surface area contributed by atoms with Gasteiger partial charge in [0.15, 0.2) is 11.5 Å². The predicted octanol–water partition coefficient (Wildman–Crippen LogP) is 4.42. The van der Waals surface area contributed by atoms with Crippen LogP contribution in [0, 0.1) is 6.92 Å². The van der Waals surface area contributed by atoms with E-state index in [1.165, 1.54) is 10.3 Å². The number of nitrogens with zero attached hydrogens (tertiary/aromatic N) is 1. The van der Waals surface area contributed by atoms with Crippen LogP contribution in [-0.4, -0.2) is 26.3 Å². The molecule has 0 spiro atoms. The Kier molecular flexibility index (Phi) is 4.90. The molecule has 0 atom stereocenters. The number of fused-ring (bicyclic) bond motifs is 1. The van der Waals surface area contributed by atoms with E-state index in [2.05, 4.69) is 25.1 Å². The fourth-order valence-corrected chi connectivity index (χ4v) is 3.78. The summed E-state index contributed by atoms with van der Waals surface area (Å²) < 4.78 is 17.4. The minimum absolute atomic E-state index is 0.624. The summed E-state index contributed by atoms with van der Waals surface area (Å²) in [6.45, 7) is 2.11. The van der Waals surface area contributed by atoms with Crippen LogP contribution < -0.4 is 14.2 Å². The van der Waals surface area contributed by atoms with Crippen LogP contribution in [0.2, 0.25) is 0 Å². The summed E-state index contributed by atoms with van der Waals surface area (Å²) >= 11 is 1.76. The van der Waals surface area contributed by atoms with Crippen molar-refractivity contribution in [2.45, 2.75) is 19.8 Å². The molecule has 0 aliphatic rings. The zero-order chi connectivity index (χ0) is 17.1. The maximum absolute atomic E-state index is 5.41. The monoisotopic (exact) mass is 343 g/mol. The number of rotatable bonds is 6. The van der Waals surface area contributed by atoms with Crippen molar-refractivity contribution in [2.24, 2.45) is 0 Å². The Labute approximate surface area is 146 Å². The number of ether oxygens (including phenoxy) is 3. The van der Waals surface area contributed by atoms with Gasteiger partial charge in [-0.25, -0.2) is 4.98 Å². The van der Waals surface area contributed by atoms with Gasteiger partial charge in [0.25, 0.3) is 0 Å². The molecule has 5 heteroatoms. The number of aryl methyl sites for hydroxylation is 3. The van der Waals surface area contributed by atoms with E-state index < -0.39 is 0 Å². The van der Waals surface area contributed by atoms with Crippen molar-refractivity contribution in [1.29, 1.82) is 0 Å². The van der Waals surface area contributed by atoms with Crippen LogP contribution >= 0.6 is 11.3 Å². The first-order valence-corrected chi connectivity index (χ1v) is 8.61. The molecule has 0 radical (unpaired) electrons. The Hall–Kier alpha value is -2.27. The normalized spacial score (nSPS) is 10.8. The molecule has 1 aromatic heterocycles. The van der Waals surface area contributed by atoms with Gasteiger partial charge in [-0.05, 0) is 48.7 Å². The minimum Gasteiger partial charge on any atom is -0.493 e. The van der Waals surface area contributed by atoms with Crippen molar-refractivity contribution >= 4 is 21.6 Å². The largest absolute Gasteiger partial charge is 0.493 e. The highest BCUT2D eigenvalue weighted by Crippen LogP contribution is 2.38. The summed E-state index contributed by atoms with van der Waals surface area (Å²) in [5, 5.41) is 1.14. The smallest absolute Gasteiger partial charge is 0.203 e. The summed E-state index contributed by atoms with van der Waals surface area (Å²) in [4.78, 5) is 4.72. The third kappa shape index (κ3) is 3.31. The molecule has 0 saturated heterocycles. The molecule has 0 unspecified atom stereocenters. The van der Waals surface area contributed by atoms with Gasteiger partial charge in [0.05, 0.1) is 36.6 Å². The minimum atomic E-state index is 0.624. The van der Waals surface area contributed by atoms with E-state index in [-0.39, 0.29) is 0 Å². The van der Waals surface area contributed by atoms with E-state index in [0.29, 0.717) is 17.2 Å². The summed E-state index contributed by atoms with van der Waals surface area (Å²) in [5.41, 5.74) is 3.48.